The lowest BCUT2D eigenvalue weighted by Crippen LogP contribution is -2.48. The van der Waals surface area contributed by atoms with Crippen LogP contribution in [0.25, 0.3) is 22.8 Å². The quantitative estimate of drug-likeness (QED) is 0.115. The summed E-state index contributed by atoms with van der Waals surface area (Å²) in [6.45, 7) is 12.3. The van der Waals surface area contributed by atoms with E-state index in [1.165, 1.54) is 30.6 Å². The maximum Gasteiger partial charge on any atom is 0.416 e. The van der Waals surface area contributed by atoms with Crippen LogP contribution in [0.3, 0.4) is 0 Å². The molecule has 0 radical (unpaired) electrons. The zero-order chi connectivity index (χ0) is 55.0. The van der Waals surface area contributed by atoms with E-state index in [-0.39, 0.29) is 90.2 Å². The highest BCUT2D eigenvalue weighted by Crippen LogP contribution is 2.41. The topological polar surface area (TPSA) is 210 Å². The zero-order valence-corrected chi connectivity index (χ0v) is 48.8. The fourth-order valence-corrected chi connectivity index (χ4v) is 9.66. The van der Waals surface area contributed by atoms with Crippen LogP contribution >= 0.6 is 54.0 Å². The molecule has 4 bridgehead atoms. The number of benzene rings is 2. The minimum Gasteiger partial charge on any atom is -0.489 e. The molecule has 10 heterocycles. The number of nitrogens with two attached hydrogens (primary N) is 1. The number of halogens is 6. The van der Waals surface area contributed by atoms with Crippen molar-refractivity contribution in [1.82, 2.24) is 29.9 Å². The third-order valence-corrected chi connectivity index (χ3v) is 13.3. The van der Waals surface area contributed by atoms with Crippen molar-refractivity contribution in [2.24, 2.45) is 0 Å². The molecule has 0 aliphatic carbocycles. The predicted molar refractivity (Wildman–Crippen MR) is 317 cm³/mol. The number of hydrogen-bond acceptors (Lipinski definition) is 17. The Morgan fingerprint density at radius 3 is 1.79 bits per heavy atom. The number of nitrogens with zero attached hydrogens (tertiary/aromatic N) is 9. The zero-order valence-electron chi connectivity index (χ0n) is 44.8. The van der Waals surface area contributed by atoms with Gasteiger partial charge < -0.3 is 54.6 Å². The second kappa shape index (κ2) is 26.6. The highest BCUT2D eigenvalue weighted by Gasteiger charge is 2.42. The highest BCUT2D eigenvalue weighted by atomic mass is 32.1. The first-order valence-corrected chi connectivity index (χ1v) is 25.1. The molecule has 0 unspecified atom stereocenters. The summed E-state index contributed by atoms with van der Waals surface area (Å²) in [4.78, 5) is 45.1. The number of anilines is 6. The fraction of sp³-hybridized carbons (Fsp3) is 0.415. The molecule has 4 N–H and O–H groups in total. The Bertz CT molecular complexity index is 3160. The van der Waals surface area contributed by atoms with Crippen LogP contribution in [0.2, 0.25) is 0 Å². The Morgan fingerprint density at radius 1 is 0.695 bits per heavy atom. The molecule has 29 heteroatoms. The smallest absolute Gasteiger partial charge is 0.416 e. The molecule has 6 aliphatic heterocycles. The van der Waals surface area contributed by atoms with E-state index in [9.17, 15) is 31.1 Å². The van der Waals surface area contributed by atoms with Crippen LogP contribution in [-0.2, 0) is 31.3 Å². The van der Waals surface area contributed by atoms with Crippen LogP contribution < -0.4 is 40.5 Å². The standard InChI is InChI=1S/C27H27F3N6O4.C15H13F3N4.C11H16N2O3.4H2S/c1-26(2)39-15-21(40-26)14-38-20-9-18(10-31-11-20)33-25(37)36-19-6-7-35(13-19)22-12-32-23(34-24(22)36)16-4-3-5-17(8-16)27(28,29)30;16-15(17,18)10-3-1-2-9(6-10)13-19-7-12-14(21-13)20-11-4-5-22(12)8-11;1-11(2)15-7-10(16-11)6-14-9-3-8(12)4-13-5-9;;;;/h3-5,8-12,19,21H,6-7,13-15H2,1-2H3,(H,33,37);1-3,6-7,11H,4-5,8H2,(H,19,20,21);3-5,10H,6-7,12H2,1-2H3;4*1H2/t19-,21-;11-;10-;;;;/m000..../s1. The first-order chi connectivity index (χ1) is 37.1. The van der Waals surface area contributed by atoms with E-state index in [4.69, 9.17) is 34.2 Å². The molecular formula is C53H64F6N12O7S4. The molecule has 4 saturated heterocycles. The number of carbonyl (C=O) groups is 1. The summed E-state index contributed by atoms with van der Waals surface area (Å²) in [7, 11) is 0. The van der Waals surface area contributed by atoms with E-state index in [1.54, 1.807) is 47.9 Å². The Balaban J connectivity index is 0.000000217. The molecule has 6 aliphatic rings. The van der Waals surface area contributed by atoms with E-state index < -0.39 is 41.1 Å². The summed E-state index contributed by atoms with van der Waals surface area (Å²) in [6, 6.07) is 13.1. The normalized spacial score (nSPS) is 20.2. The molecule has 82 heavy (non-hydrogen) atoms. The second-order valence-corrected chi connectivity index (χ2v) is 20.1. The molecule has 0 saturated carbocycles. The van der Waals surface area contributed by atoms with Crippen LogP contribution in [0, 0.1) is 0 Å². The van der Waals surface area contributed by atoms with Crippen LogP contribution in [0.15, 0.2) is 97.8 Å². The molecule has 4 fully saturated rings. The molecule has 0 spiro atoms. The SMILES string of the molecule is CC1(C)OC[C@H](COc2cncc(N)c2)O1.CC1(C)OC[C@H](COc2cncc(NC(=O)N3c4nc(-c5cccc(C(F)(F)F)c5)ncc4N4CC[C@H]3C4)c2)O1.FC(F)(F)c1cccc(-c2ncc3c(n2)N[C@H]2CCN3C2)c1.S.S.S.S. The average Bonchev–Trinajstić information content (AvgIpc) is 4.34. The van der Waals surface area contributed by atoms with Crippen molar-refractivity contribution in [2.45, 2.75) is 88.8 Å². The number of urea groups is 1. The van der Waals surface area contributed by atoms with Crippen molar-refractivity contribution in [2.75, 3.05) is 83.7 Å². The van der Waals surface area contributed by atoms with Gasteiger partial charge in [0.2, 0.25) is 0 Å². The number of nitrogen functional groups attached to an aromatic ring is 1. The van der Waals surface area contributed by atoms with Gasteiger partial charge in [-0.3, -0.25) is 14.9 Å². The highest BCUT2D eigenvalue weighted by molar-refractivity contribution is 7.59. The average molecular weight is 1220 g/mol. The number of ether oxygens (including phenoxy) is 6. The number of nitrogens with one attached hydrogen (secondary N) is 2. The van der Waals surface area contributed by atoms with Gasteiger partial charge in [0.15, 0.2) is 34.9 Å². The number of hydrogen-bond donors (Lipinski definition) is 3. The van der Waals surface area contributed by atoms with E-state index in [0.717, 1.165) is 49.5 Å². The van der Waals surface area contributed by atoms with Crippen LogP contribution in [0.4, 0.5) is 65.5 Å². The third-order valence-electron chi connectivity index (χ3n) is 13.3. The van der Waals surface area contributed by atoms with Gasteiger partial charge in [-0.25, -0.2) is 24.7 Å². The minimum atomic E-state index is -4.50. The lowest BCUT2D eigenvalue weighted by atomic mass is 10.1. The molecule has 444 valence electrons. The van der Waals surface area contributed by atoms with Gasteiger partial charge in [-0.2, -0.15) is 80.3 Å². The maximum absolute atomic E-state index is 13.6. The first kappa shape index (κ1) is 65.0. The number of carbonyl (C=O) groups excluding carboxylic acids is 1. The summed E-state index contributed by atoms with van der Waals surface area (Å²) < 4.78 is 112. The van der Waals surface area contributed by atoms with Crippen molar-refractivity contribution in [1.29, 1.82) is 0 Å². The van der Waals surface area contributed by atoms with Crippen molar-refractivity contribution in [3.8, 4) is 34.3 Å². The van der Waals surface area contributed by atoms with Crippen molar-refractivity contribution in [3.63, 3.8) is 0 Å². The lowest BCUT2D eigenvalue weighted by Gasteiger charge is -2.35. The van der Waals surface area contributed by atoms with E-state index in [2.05, 4.69) is 50.3 Å². The van der Waals surface area contributed by atoms with Crippen LogP contribution in [0.1, 0.15) is 51.7 Å². The summed E-state index contributed by atoms with van der Waals surface area (Å²) in [5, 5.41) is 6.19. The number of aromatic nitrogens is 6. The van der Waals surface area contributed by atoms with E-state index >= 15 is 0 Å². The van der Waals surface area contributed by atoms with E-state index in [1.807, 2.05) is 27.7 Å². The summed E-state index contributed by atoms with van der Waals surface area (Å²) >= 11 is 0. The van der Waals surface area contributed by atoms with Crippen molar-refractivity contribution >= 4 is 94.4 Å². The van der Waals surface area contributed by atoms with Crippen molar-refractivity contribution in [3.05, 3.63) is 109 Å². The Morgan fingerprint density at radius 2 is 1.23 bits per heavy atom. The molecule has 12 rings (SSSR count). The molecule has 4 atom stereocenters. The summed E-state index contributed by atoms with van der Waals surface area (Å²) in [5.74, 6) is 1.38. The van der Waals surface area contributed by atoms with Gasteiger partial charge in [0, 0.05) is 55.5 Å². The molecule has 4 aromatic heterocycles. The molecular weight excluding hydrogens is 1160 g/mol. The fourth-order valence-electron chi connectivity index (χ4n) is 9.66. The predicted octanol–water partition coefficient (Wildman–Crippen LogP) is 9.53. The maximum atomic E-state index is 13.6. The number of alkyl halides is 6. The van der Waals surface area contributed by atoms with Gasteiger partial charge in [-0.1, -0.05) is 24.3 Å². The summed E-state index contributed by atoms with van der Waals surface area (Å²) in [6.07, 6.45) is 2.10. The van der Waals surface area contributed by atoms with Gasteiger partial charge in [-0.05, 0) is 64.8 Å². The summed E-state index contributed by atoms with van der Waals surface area (Å²) in [5.41, 5.74) is 7.25. The molecule has 19 nitrogen and oxygen atoms in total. The number of amides is 2. The second-order valence-electron chi connectivity index (χ2n) is 20.1. The monoisotopic (exact) mass is 1220 g/mol. The largest absolute Gasteiger partial charge is 0.489 e. The van der Waals surface area contributed by atoms with Crippen molar-refractivity contribution < 1.29 is 59.6 Å². The van der Waals surface area contributed by atoms with Crippen LogP contribution in [0.5, 0.6) is 11.5 Å². The lowest BCUT2D eigenvalue weighted by molar-refractivity contribution is -0.141. The van der Waals surface area contributed by atoms with Crippen LogP contribution in [-0.4, -0.2) is 124 Å². The minimum absolute atomic E-state index is 0. The van der Waals surface area contributed by atoms with Gasteiger partial charge in [0.05, 0.1) is 90.3 Å². The molecule has 2 aromatic carbocycles. The Labute approximate surface area is 497 Å². The molecule has 6 aromatic rings. The van der Waals surface area contributed by atoms with Gasteiger partial charge >= 0.3 is 18.4 Å². The Hall–Kier alpha value is -6.21. The Kier molecular flexibility index (Phi) is 21.0. The first-order valence-electron chi connectivity index (χ1n) is 25.1. The van der Waals surface area contributed by atoms with Gasteiger partial charge in [0.25, 0.3) is 0 Å². The third kappa shape index (κ3) is 15.7. The van der Waals surface area contributed by atoms with Gasteiger partial charge in [0.1, 0.15) is 36.9 Å². The number of pyridine rings is 2. The van der Waals surface area contributed by atoms with Gasteiger partial charge in [-0.15, -0.1) is 0 Å². The van der Waals surface area contributed by atoms with E-state index in [0.29, 0.717) is 97.0 Å². The number of fused-ring (bicyclic) bond motifs is 8. The number of rotatable bonds is 9. The molecule has 2 amide bonds.